The van der Waals surface area contributed by atoms with E-state index in [1.54, 1.807) is 6.07 Å². The van der Waals surface area contributed by atoms with Gasteiger partial charge in [-0.05, 0) is 19.3 Å². The third-order valence-electron chi connectivity index (χ3n) is 3.74. The van der Waals surface area contributed by atoms with Crippen molar-refractivity contribution >= 4 is 17.7 Å². The number of esters is 1. The van der Waals surface area contributed by atoms with E-state index in [-0.39, 0.29) is 11.7 Å². The second kappa shape index (κ2) is 6.26. The fraction of sp³-hybridized carbons (Fsp3) is 0.643. The van der Waals surface area contributed by atoms with Crippen LogP contribution in [-0.4, -0.2) is 55.4 Å². The quantitative estimate of drug-likeness (QED) is 0.832. The zero-order chi connectivity index (χ0) is 14.7. The van der Waals surface area contributed by atoms with Gasteiger partial charge in [0.05, 0.1) is 26.4 Å². The lowest BCUT2D eigenvalue weighted by atomic mass is 10.1. The second-order valence-electron chi connectivity index (χ2n) is 5.36. The molecule has 2 saturated heterocycles. The number of hydrogen-bond donors (Lipinski definition) is 1. The van der Waals surface area contributed by atoms with Gasteiger partial charge in [-0.2, -0.15) is 4.98 Å². The summed E-state index contributed by atoms with van der Waals surface area (Å²) < 4.78 is 9.92. The van der Waals surface area contributed by atoms with Crippen LogP contribution < -0.4 is 10.2 Å². The summed E-state index contributed by atoms with van der Waals surface area (Å²) >= 11 is 0. The summed E-state index contributed by atoms with van der Waals surface area (Å²) in [6, 6.07) is 1.89. The number of ether oxygens (including phenoxy) is 2. The Morgan fingerprint density at radius 2 is 2.10 bits per heavy atom. The highest BCUT2D eigenvalue weighted by molar-refractivity contribution is 5.88. The van der Waals surface area contributed by atoms with E-state index in [0.29, 0.717) is 25.0 Å². The van der Waals surface area contributed by atoms with Crippen molar-refractivity contribution in [1.82, 2.24) is 9.97 Å². The van der Waals surface area contributed by atoms with E-state index in [4.69, 9.17) is 9.47 Å². The lowest BCUT2D eigenvalue weighted by Gasteiger charge is -2.29. The molecule has 7 nitrogen and oxygen atoms in total. The lowest BCUT2D eigenvalue weighted by Crippen LogP contribution is -2.40. The summed E-state index contributed by atoms with van der Waals surface area (Å²) in [6.45, 7) is 3.18. The van der Waals surface area contributed by atoms with E-state index in [0.717, 1.165) is 25.9 Å². The number of anilines is 2. The first-order valence-corrected chi connectivity index (χ1v) is 7.33. The summed E-state index contributed by atoms with van der Waals surface area (Å²) in [5.74, 6) is 0.809. The minimum absolute atomic E-state index is 0.250. The molecule has 0 aromatic carbocycles. The van der Waals surface area contributed by atoms with Crippen molar-refractivity contribution in [1.29, 1.82) is 0 Å². The molecule has 0 atom stereocenters. The van der Waals surface area contributed by atoms with Crippen LogP contribution in [0.4, 0.5) is 11.8 Å². The molecule has 114 valence electrons. The van der Waals surface area contributed by atoms with Crippen molar-refractivity contribution in [3.8, 4) is 0 Å². The van der Waals surface area contributed by atoms with Crippen LogP contribution in [0.3, 0.4) is 0 Å². The SMILES string of the molecule is COC(=O)c1cc(NC2COC2)nc(N2CCCCC2)n1. The number of methoxy groups -OCH3 is 1. The summed E-state index contributed by atoms with van der Waals surface area (Å²) in [5, 5.41) is 3.27. The molecule has 3 rings (SSSR count). The van der Waals surface area contributed by atoms with Crippen molar-refractivity contribution in [3.05, 3.63) is 11.8 Å². The Bertz CT molecular complexity index is 513. The van der Waals surface area contributed by atoms with Crippen molar-refractivity contribution in [2.24, 2.45) is 0 Å². The number of nitrogens with one attached hydrogen (secondary N) is 1. The van der Waals surface area contributed by atoms with Crippen LogP contribution in [0.2, 0.25) is 0 Å². The predicted molar refractivity (Wildman–Crippen MR) is 77.7 cm³/mol. The van der Waals surface area contributed by atoms with Gasteiger partial charge < -0.3 is 19.7 Å². The number of carbonyl (C=O) groups is 1. The molecule has 0 radical (unpaired) electrons. The van der Waals surface area contributed by atoms with Gasteiger partial charge in [0.25, 0.3) is 0 Å². The average molecular weight is 292 g/mol. The average Bonchev–Trinajstić information content (AvgIpc) is 2.50. The van der Waals surface area contributed by atoms with Crippen molar-refractivity contribution in [2.45, 2.75) is 25.3 Å². The lowest BCUT2D eigenvalue weighted by molar-refractivity contribution is 0.0209. The van der Waals surface area contributed by atoms with Crippen LogP contribution in [0.1, 0.15) is 29.8 Å². The standard InChI is InChI=1S/C14H20N4O3/c1-20-13(19)11-7-12(15-10-8-21-9-10)17-14(16-11)18-5-3-2-4-6-18/h7,10H,2-6,8-9H2,1H3,(H,15,16,17). The predicted octanol–water partition coefficient (Wildman–Crippen LogP) is 1.06. The molecule has 2 aliphatic rings. The Hall–Kier alpha value is -1.89. The smallest absolute Gasteiger partial charge is 0.356 e. The first-order valence-electron chi connectivity index (χ1n) is 7.33. The fourth-order valence-corrected chi connectivity index (χ4v) is 2.48. The number of piperidine rings is 1. The molecule has 1 N–H and O–H groups in total. The molecule has 7 heteroatoms. The van der Waals surface area contributed by atoms with E-state index in [2.05, 4.69) is 20.2 Å². The normalized spacial score (nSPS) is 19.0. The molecule has 2 aliphatic heterocycles. The third kappa shape index (κ3) is 3.24. The van der Waals surface area contributed by atoms with Crippen LogP contribution in [-0.2, 0) is 9.47 Å². The first-order chi connectivity index (χ1) is 10.3. The van der Waals surface area contributed by atoms with Gasteiger partial charge in [-0.25, -0.2) is 9.78 Å². The maximum Gasteiger partial charge on any atom is 0.356 e. The highest BCUT2D eigenvalue weighted by atomic mass is 16.5. The second-order valence-corrected chi connectivity index (χ2v) is 5.36. The zero-order valence-corrected chi connectivity index (χ0v) is 12.2. The van der Waals surface area contributed by atoms with Gasteiger partial charge in [0.1, 0.15) is 5.82 Å². The number of aromatic nitrogens is 2. The molecule has 0 spiro atoms. The molecule has 0 aliphatic carbocycles. The Morgan fingerprint density at radius 3 is 2.71 bits per heavy atom. The Morgan fingerprint density at radius 1 is 1.33 bits per heavy atom. The number of rotatable bonds is 4. The van der Waals surface area contributed by atoms with Crippen LogP contribution in [0.15, 0.2) is 6.07 Å². The van der Waals surface area contributed by atoms with Crippen molar-refractivity contribution in [2.75, 3.05) is 43.6 Å². The zero-order valence-electron chi connectivity index (χ0n) is 12.2. The Balaban J connectivity index is 1.85. The molecular formula is C14H20N4O3. The molecule has 0 amide bonds. The molecule has 1 aromatic heterocycles. The summed E-state index contributed by atoms with van der Waals surface area (Å²) in [4.78, 5) is 22.8. The number of nitrogens with zero attached hydrogens (tertiary/aromatic N) is 3. The molecule has 0 unspecified atom stereocenters. The van der Waals surface area contributed by atoms with Gasteiger partial charge in [0, 0.05) is 19.2 Å². The Labute approximate surface area is 123 Å². The molecule has 1 aromatic rings. The number of carbonyl (C=O) groups excluding carboxylic acids is 1. The first kappa shape index (κ1) is 14.1. The van der Waals surface area contributed by atoms with Gasteiger partial charge in [-0.1, -0.05) is 0 Å². The maximum atomic E-state index is 11.8. The van der Waals surface area contributed by atoms with E-state index < -0.39 is 5.97 Å². The van der Waals surface area contributed by atoms with Gasteiger partial charge in [-0.3, -0.25) is 0 Å². The van der Waals surface area contributed by atoms with Gasteiger partial charge in [-0.15, -0.1) is 0 Å². The highest BCUT2D eigenvalue weighted by Gasteiger charge is 2.22. The highest BCUT2D eigenvalue weighted by Crippen LogP contribution is 2.20. The summed E-state index contributed by atoms with van der Waals surface area (Å²) in [7, 11) is 1.36. The van der Waals surface area contributed by atoms with Crippen LogP contribution in [0.5, 0.6) is 0 Å². The van der Waals surface area contributed by atoms with Gasteiger partial charge >= 0.3 is 5.97 Å². The molecule has 21 heavy (non-hydrogen) atoms. The van der Waals surface area contributed by atoms with E-state index >= 15 is 0 Å². The molecule has 0 bridgehead atoms. The molecule has 0 saturated carbocycles. The maximum absolute atomic E-state index is 11.8. The van der Waals surface area contributed by atoms with Gasteiger partial charge in [0.15, 0.2) is 5.69 Å². The van der Waals surface area contributed by atoms with Gasteiger partial charge in [0.2, 0.25) is 5.95 Å². The Kier molecular flexibility index (Phi) is 4.19. The topological polar surface area (TPSA) is 76.6 Å². The van der Waals surface area contributed by atoms with Crippen LogP contribution >= 0.6 is 0 Å². The summed E-state index contributed by atoms with van der Waals surface area (Å²) in [5.41, 5.74) is 0.288. The minimum Gasteiger partial charge on any atom is -0.464 e. The third-order valence-corrected chi connectivity index (χ3v) is 3.74. The van der Waals surface area contributed by atoms with E-state index in [1.807, 2.05) is 0 Å². The van der Waals surface area contributed by atoms with Crippen molar-refractivity contribution < 1.29 is 14.3 Å². The van der Waals surface area contributed by atoms with E-state index in [1.165, 1.54) is 13.5 Å². The van der Waals surface area contributed by atoms with E-state index in [9.17, 15) is 4.79 Å². The van der Waals surface area contributed by atoms with Crippen LogP contribution in [0.25, 0.3) is 0 Å². The fourth-order valence-electron chi connectivity index (χ4n) is 2.48. The summed E-state index contributed by atoms with van der Waals surface area (Å²) in [6.07, 6.45) is 3.49. The number of hydrogen-bond acceptors (Lipinski definition) is 7. The molecule has 2 fully saturated rings. The van der Waals surface area contributed by atoms with Crippen LogP contribution in [0, 0.1) is 0 Å². The largest absolute Gasteiger partial charge is 0.464 e. The molecular weight excluding hydrogens is 272 g/mol. The monoisotopic (exact) mass is 292 g/mol. The minimum atomic E-state index is -0.441. The molecule has 3 heterocycles. The van der Waals surface area contributed by atoms with Crippen molar-refractivity contribution in [3.63, 3.8) is 0 Å².